The number of nitrogen functional groups attached to an aromatic ring is 1. The molecule has 0 unspecified atom stereocenters. The Kier molecular flexibility index (Phi) is 1.91. The summed E-state index contributed by atoms with van der Waals surface area (Å²) in [6.07, 6.45) is 1.28. The first-order valence-electron chi connectivity index (χ1n) is 4.74. The number of nitrogens with zero attached hydrogens (tertiary/aromatic N) is 1. The number of fused-ring (bicyclic) bond motifs is 1. The van der Waals surface area contributed by atoms with Crippen LogP contribution in [0.3, 0.4) is 0 Å². The monoisotopic (exact) mass is 236 g/mol. The normalized spacial score (nSPS) is 11.2. The second-order valence-electron chi connectivity index (χ2n) is 3.49. The van der Waals surface area contributed by atoms with Crippen molar-refractivity contribution in [3.63, 3.8) is 0 Å². The van der Waals surface area contributed by atoms with Gasteiger partial charge in [-0.2, -0.15) is 0 Å². The van der Waals surface area contributed by atoms with Crippen LogP contribution in [0.1, 0.15) is 0 Å². The molecule has 4 nitrogen and oxygen atoms in total. The van der Waals surface area contributed by atoms with Gasteiger partial charge in [-0.1, -0.05) is 5.16 Å². The van der Waals surface area contributed by atoms with E-state index in [9.17, 15) is 8.78 Å². The maximum Gasteiger partial charge on any atom is 0.222 e. The number of aromatic nitrogens is 1. The molecular formula is C11H6F2N2O2. The molecule has 0 radical (unpaired) electrons. The first-order chi connectivity index (χ1) is 8.16. The SMILES string of the molecule is Nc1cc(-c2c(F)cc(F)c3occc23)no1. The molecule has 0 saturated carbocycles. The van der Waals surface area contributed by atoms with Crippen molar-refractivity contribution in [1.29, 1.82) is 0 Å². The molecule has 0 saturated heterocycles. The fourth-order valence-corrected chi connectivity index (χ4v) is 1.74. The van der Waals surface area contributed by atoms with Gasteiger partial charge in [-0.15, -0.1) is 0 Å². The topological polar surface area (TPSA) is 65.2 Å². The summed E-state index contributed by atoms with van der Waals surface area (Å²) >= 11 is 0. The summed E-state index contributed by atoms with van der Waals surface area (Å²) in [6.45, 7) is 0. The average molecular weight is 236 g/mol. The fourth-order valence-electron chi connectivity index (χ4n) is 1.74. The van der Waals surface area contributed by atoms with Crippen LogP contribution in [0, 0.1) is 11.6 Å². The van der Waals surface area contributed by atoms with Crippen LogP contribution in [0.5, 0.6) is 0 Å². The quantitative estimate of drug-likeness (QED) is 0.705. The molecule has 86 valence electrons. The Labute approximate surface area is 93.6 Å². The fraction of sp³-hybridized carbons (Fsp3) is 0. The van der Waals surface area contributed by atoms with Gasteiger partial charge in [0, 0.05) is 17.5 Å². The number of benzene rings is 1. The van der Waals surface area contributed by atoms with E-state index in [2.05, 4.69) is 9.68 Å². The maximum absolute atomic E-state index is 13.7. The van der Waals surface area contributed by atoms with Crippen LogP contribution in [0.2, 0.25) is 0 Å². The van der Waals surface area contributed by atoms with Crippen LogP contribution in [0.25, 0.3) is 22.2 Å². The van der Waals surface area contributed by atoms with E-state index in [0.717, 1.165) is 6.07 Å². The number of nitrogens with two attached hydrogens (primary N) is 1. The molecule has 0 spiro atoms. The van der Waals surface area contributed by atoms with Gasteiger partial charge in [0.1, 0.15) is 11.5 Å². The Morgan fingerprint density at radius 3 is 2.71 bits per heavy atom. The van der Waals surface area contributed by atoms with E-state index >= 15 is 0 Å². The highest BCUT2D eigenvalue weighted by Gasteiger charge is 2.18. The van der Waals surface area contributed by atoms with Crippen LogP contribution >= 0.6 is 0 Å². The lowest BCUT2D eigenvalue weighted by molar-refractivity contribution is 0.438. The Morgan fingerprint density at radius 1 is 1.18 bits per heavy atom. The highest BCUT2D eigenvalue weighted by Crippen LogP contribution is 2.33. The van der Waals surface area contributed by atoms with E-state index < -0.39 is 11.6 Å². The van der Waals surface area contributed by atoms with E-state index in [-0.39, 0.29) is 28.1 Å². The van der Waals surface area contributed by atoms with Gasteiger partial charge in [0.25, 0.3) is 0 Å². The van der Waals surface area contributed by atoms with E-state index in [4.69, 9.17) is 10.2 Å². The molecule has 3 aromatic rings. The molecule has 0 atom stereocenters. The molecule has 0 aliphatic heterocycles. The van der Waals surface area contributed by atoms with Crippen LogP contribution in [-0.2, 0) is 0 Å². The number of halogens is 2. The predicted octanol–water partition coefficient (Wildman–Crippen LogP) is 2.95. The third kappa shape index (κ3) is 1.37. The number of rotatable bonds is 1. The van der Waals surface area contributed by atoms with Crippen molar-refractivity contribution in [1.82, 2.24) is 5.16 Å². The smallest absolute Gasteiger partial charge is 0.222 e. The van der Waals surface area contributed by atoms with Crippen molar-refractivity contribution >= 4 is 16.9 Å². The van der Waals surface area contributed by atoms with Crippen molar-refractivity contribution in [2.24, 2.45) is 0 Å². The molecule has 3 rings (SSSR count). The van der Waals surface area contributed by atoms with Gasteiger partial charge in [0.2, 0.25) is 5.88 Å². The first-order valence-corrected chi connectivity index (χ1v) is 4.74. The lowest BCUT2D eigenvalue weighted by Crippen LogP contribution is -1.88. The molecule has 0 aliphatic carbocycles. The van der Waals surface area contributed by atoms with Gasteiger partial charge in [-0.3, -0.25) is 0 Å². The zero-order valence-corrected chi connectivity index (χ0v) is 8.41. The summed E-state index contributed by atoms with van der Waals surface area (Å²) in [4.78, 5) is 0. The minimum Gasteiger partial charge on any atom is -0.461 e. The van der Waals surface area contributed by atoms with Crippen molar-refractivity contribution in [3.05, 3.63) is 36.1 Å². The molecule has 2 heterocycles. The number of hydrogen-bond donors (Lipinski definition) is 1. The largest absolute Gasteiger partial charge is 0.461 e. The van der Waals surface area contributed by atoms with Crippen molar-refractivity contribution in [2.75, 3.05) is 5.73 Å². The molecule has 0 fully saturated rings. The Hall–Kier alpha value is -2.37. The summed E-state index contributed by atoms with van der Waals surface area (Å²) in [5.74, 6) is -1.45. The number of furan rings is 1. The molecule has 2 aromatic heterocycles. The molecule has 0 bridgehead atoms. The first kappa shape index (κ1) is 9.83. The molecule has 0 amide bonds. The van der Waals surface area contributed by atoms with Gasteiger partial charge in [0.15, 0.2) is 11.4 Å². The van der Waals surface area contributed by atoms with Crippen molar-refractivity contribution < 1.29 is 17.7 Å². The lowest BCUT2D eigenvalue weighted by atomic mass is 10.1. The Bertz CT molecular complexity index is 703. The van der Waals surface area contributed by atoms with E-state index in [1.54, 1.807) is 0 Å². The van der Waals surface area contributed by atoms with E-state index in [1.165, 1.54) is 18.4 Å². The number of hydrogen-bond acceptors (Lipinski definition) is 4. The van der Waals surface area contributed by atoms with Gasteiger partial charge in [0.05, 0.1) is 11.8 Å². The predicted molar refractivity (Wildman–Crippen MR) is 56.0 cm³/mol. The zero-order valence-electron chi connectivity index (χ0n) is 8.41. The molecule has 2 N–H and O–H groups in total. The maximum atomic E-state index is 13.7. The lowest BCUT2D eigenvalue weighted by Gasteiger charge is -2.01. The van der Waals surface area contributed by atoms with Crippen molar-refractivity contribution in [2.45, 2.75) is 0 Å². The summed E-state index contributed by atoms with van der Waals surface area (Å²) in [5.41, 5.74) is 5.65. The van der Waals surface area contributed by atoms with Crippen LogP contribution < -0.4 is 5.73 Å². The van der Waals surface area contributed by atoms with E-state index in [0.29, 0.717) is 0 Å². The molecular weight excluding hydrogens is 230 g/mol. The second kappa shape index (κ2) is 3.31. The third-order valence-corrected chi connectivity index (χ3v) is 2.43. The summed E-state index contributed by atoms with van der Waals surface area (Å²) in [5, 5.41) is 3.89. The Morgan fingerprint density at radius 2 is 2.00 bits per heavy atom. The van der Waals surface area contributed by atoms with Crippen LogP contribution in [-0.4, -0.2) is 5.16 Å². The number of anilines is 1. The highest BCUT2D eigenvalue weighted by atomic mass is 19.1. The third-order valence-electron chi connectivity index (χ3n) is 2.43. The van der Waals surface area contributed by atoms with Crippen molar-refractivity contribution in [3.8, 4) is 11.3 Å². The summed E-state index contributed by atoms with van der Waals surface area (Å²) in [6, 6.07) is 3.57. The molecule has 0 aliphatic rings. The standard InChI is InChI=1S/C11H6F2N2O2/c12-6-3-7(13)11-5(1-2-16-11)10(6)8-4-9(14)17-15-8/h1-4H,14H2. The molecule has 17 heavy (non-hydrogen) atoms. The van der Waals surface area contributed by atoms with Crippen LogP contribution in [0.4, 0.5) is 14.7 Å². The zero-order chi connectivity index (χ0) is 12.0. The van der Waals surface area contributed by atoms with Gasteiger partial charge >= 0.3 is 0 Å². The van der Waals surface area contributed by atoms with E-state index in [1.807, 2.05) is 0 Å². The minimum atomic E-state index is -0.761. The van der Waals surface area contributed by atoms with Gasteiger partial charge in [-0.05, 0) is 6.07 Å². The van der Waals surface area contributed by atoms with Gasteiger partial charge in [-0.25, -0.2) is 8.78 Å². The summed E-state index contributed by atoms with van der Waals surface area (Å²) < 4.78 is 36.7. The Balaban J connectivity index is 2.39. The second-order valence-corrected chi connectivity index (χ2v) is 3.49. The average Bonchev–Trinajstić information content (AvgIpc) is 2.87. The van der Waals surface area contributed by atoms with Crippen LogP contribution in [0.15, 0.2) is 33.4 Å². The van der Waals surface area contributed by atoms with Gasteiger partial charge < -0.3 is 14.7 Å². The molecule has 6 heteroatoms. The molecule has 1 aromatic carbocycles. The summed E-state index contributed by atoms with van der Waals surface area (Å²) in [7, 11) is 0. The highest BCUT2D eigenvalue weighted by molar-refractivity contribution is 5.93. The minimum absolute atomic E-state index is 0.0250.